The van der Waals surface area contributed by atoms with Crippen LogP contribution in [0.1, 0.15) is 137 Å². The van der Waals surface area contributed by atoms with Gasteiger partial charge in [-0.25, -0.2) is 0 Å². The van der Waals surface area contributed by atoms with Gasteiger partial charge in [0.1, 0.15) is 0 Å². The third-order valence-electron chi connectivity index (χ3n) is 8.13. The van der Waals surface area contributed by atoms with E-state index in [0.29, 0.717) is 42.1 Å². The predicted octanol–water partition coefficient (Wildman–Crippen LogP) is 13.7. The molecule has 10 heteroatoms. The third-order valence-corrected chi connectivity index (χ3v) is 11.3. The molecule has 0 saturated heterocycles. The molecule has 0 amide bonds. The van der Waals surface area contributed by atoms with E-state index in [1.807, 2.05) is 12.1 Å². The van der Waals surface area contributed by atoms with Crippen LogP contribution in [-0.4, -0.2) is 14.9 Å². The average Bonchev–Trinajstić information content (AvgIpc) is 3.47. The molecule has 4 rings (SSSR count). The van der Waals surface area contributed by atoms with Crippen molar-refractivity contribution in [2.75, 3.05) is 0 Å². The quantitative estimate of drug-likeness (QED) is 0.0637. The number of nitrogens with zero attached hydrogens (tertiary/aromatic N) is 2. The summed E-state index contributed by atoms with van der Waals surface area (Å²) in [6.45, 7) is 16.8. The first-order chi connectivity index (χ1) is 23.5. The van der Waals surface area contributed by atoms with Crippen LogP contribution < -0.4 is 0 Å². The molecule has 50 heavy (non-hydrogen) atoms. The summed E-state index contributed by atoms with van der Waals surface area (Å²) < 4.78 is 58.6. The zero-order valence-corrected chi connectivity index (χ0v) is 34.0. The Balaban J connectivity index is 0.000000379. The fourth-order valence-corrected chi connectivity index (χ4v) is 8.73. The standard InChI is InChI=1S/C27H36N2.C12H13F2O.CF3.Au.BrH/c1-18(2)22-11-9-12-23(19(3)4)26(22)28-15-16-29(17-28)27-24(20(5)6)13-10-14-25(27)21(7)8;1-9(15)11-7-5-10(6-8-11)3-2-4-12(13)14;2-1(3)4;;/h9-16,18-21H,1-8H3;5-8H,2-4H2,1H3;;;1H/q;2*-1;+1;/p-1. The van der Waals surface area contributed by atoms with E-state index in [2.05, 4.69) is 126 Å². The molecule has 1 heterocycles. The molecule has 0 fully saturated rings. The van der Waals surface area contributed by atoms with Crippen molar-refractivity contribution >= 4 is 18.8 Å². The molecule has 1 aromatic heterocycles. The Bertz CT molecular complexity index is 1570. The summed E-state index contributed by atoms with van der Waals surface area (Å²) in [6, 6.07) is 20.7. The van der Waals surface area contributed by atoms with Crippen LogP contribution in [0.2, 0.25) is 0 Å². The van der Waals surface area contributed by atoms with Crippen LogP contribution in [-0.2, 0) is 23.6 Å². The fourth-order valence-electron chi connectivity index (χ4n) is 5.64. The normalized spacial score (nSPS) is 11.5. The van der Waals surface area contributed by atoms with Gasteiger partial charge in [-0.3, -0.25) is 4.79 Å². The van der Waals surface area contributed by atoms with E-state index in [9.17, 15) is 26.7 Å². The van der Waals surface area contributed by atoms with E-state index in [4.69, 9.17) is 0 Å². The van der Waals surface area contributed by atoms with Gasteiger partial charge in [0.05, 0.1) is 0 Å². The second-order valence-corrected chi connectivity index (χ2v) is 16.5. The first kappa shape index (κ1) is 43.6. The number of aromatic nitrogens is 2. The number of carbonyl (C=O) groups is 1. The minimum Gasteiger partial charge on any atom is -0.385 e. The topological polar surface area (TPSA) is 26.9 Å². The molecule has 4 aromatic rings. The van der Waals surface area contributed by atoms with Crippen LogP contribution in [0.5, 0.6) is 0 Å². The van der Waals surface area contributed by atoms with Gasteiger partial charge in [0.15, 0.2) is 12.5 Å². The minimum absolute atomic E-state index is 0.0182. The second kappa shape index (κ2) is 21.1. The van der Waals surface area contributed by atoms with Gasteiger partial charge in [-0.1, -0.05) is 30.7 Å². The molecular formula is C40H49AuBrF5N2O-2. The maximum Gasteiger partial charge on any atom is 0.154 e. The average molecular weight is 946 g/mol. The van der Waals surface area contributed by atoms with Crippen LogP contribution in [0.25, 0.3) is 11.4 Å². The van der Waals surface area contributed by atoms with Gasteiger partial charge in [-0.2, -0.15) is 0 Å². The number of ketones is 1. The molecule has 280 valence electrons. The Hall–Kier alpha value is -2.59. The Labute approximate surface area is 310 Å². The number of imidazole rings is 1. The molecule has 0 atom stereocenters. The zero-order valence-electron chi connectivity index (χ0n) is 30.2. The van der Waals surface area contributed by atoms with E-state index < -0.39 is 13.1 Å². The van der Waals surface area contributed by atoms with E-state index in [1.165, 1.54) is 44.2 Å². The van der Waals surface area contributed by atoms with Crippen molar-refractivity contribution in [1.29, 1.82) is 0 Å². The number of aryl methyl sites for hydroxylation is 1. The van der Waals surface area contributed by atoms with E-state index >= 15 is 0 Å². The second-order valence-electron chi connectivity index (χ2n) is 13.2. The van der Waals surface area contributed by atoms with Crippen molar-refractivity contribution < 1.29 is 43.9 Å². The first-order valence-corrected chi connectivity index (χ1v) is 22.5. The molecule has 3 aromatic carbocycles. The first-order valence-electron chi connectivity index (χ1n) is 16.7. The van der Waals surface area contributed by atoms with Crippen molar-refractivity contribution in [3.63, 3.8) is 0 Å². The van der Waals surface area contributed by atoms with Crippen molar-refractivity contribution in [3.8, 4) is 11.4 Å². The summed E-state index contributed by atoms with van der Waals surface area (Å²) in [5.41, 5.74) is 10.0. The number of hydrogen-bond donors (Lipinski definition) is 0. The van der Waals surface area contributed by atoms with Gasteiger partial charge in [-0.05, 0) is 18.9 Å². The molecular weight excluding hydrogens is 896 g/mol. The molecule has 3 nitrogen and oxygen atoms in total. The number of halogens is 6. The molecule has 0 aliphatic heterocycles. The molecule has 0 N–H and O–H groups in total. The van der Waals surface area contributed by atoms with E-state index in [0.717, 1.165) is 5.56 Å². The molecule has 0 unspecified atom stereocenters. The van der Waals surface area contributed by atoms with Gasteiger partial charge in [-0.15, -0.1) is 6.42 Å². The summed E-state index contributed by atoms with van der Waals surface area (Å²) in [4.78, 5) is 11.0. The van der Waals surface area contributed by atoms with Gasteiger partial charge in [0.25, 0.3) is 0 Å². The molecule has 0 spiro atoms. The summed E-state index contributed by atoms with van der Waals surface area (Å²) in [7, 11) is 0. The number of carbonyl (C=O) groups excluding carboxylic acids is 1. The summed E-state index contributed by atoms with van der Waals surface area (Å²) in [5.74, 6) is 1.90. The Morgan fingerprint density at radius 2 is 1.04 bits per heavy atom. The van der Waals surface area contributed by atoms with Gasteiger partial charge in [0, 0.05) is 12.0 Å². The smallest absolute Gasteiger partial charge is 0.154 e. The number of rotatable bonds is 11. The monoisotopic (exact) mass is 944 g/mol. The van der Waals surface area contributed by atoms with E-state index in [-0.39, 0.29) is 29.4 Å². The third kappa shape index (κ3) is 12.6. The predicted molar refractivity (Wildman–Crippen MR) is 195 cm³/mol. The van der Waals surface area contributed by atoms with Crippen molar-refractivity contribution in [2.24, 2.45) is 0 Å². The summed E-state index contributed by atoms with van der Waals surface area (Å²) in [5, 5.41) is 0. The van der Waals surface area contributed by atoms with Gasteiger partial charge >= 0.3 is 204 Å². The molecule has 0 radical (unpaired) electrons. The van der Waals surface area contributed by atoms with E-state index in [1.54, 1.807) is 12.1 Å². The number of para-hydroxylation sites is 2. The van der Waals surface area contributed by atoms with Gasteiger partial charge in [0.2, 0.25) is 0 Å². The number of hydrogen-bond acceptors (Lipinski definition) is 1. The summed E-state index contributed by atoms with van der Waals surface area (Å²) in [6.07, 6.45) is 3.96. The largest absolute Gasteiger partial charge is 0.385 e. The van der Waals surface area contributed by atoms with Crippen molar-refractivity contribution in [3.05, 3.63) is 123 Å². The van der Waals surface area contributed by atoms with Crippen LogP contribution >= 0.6 is 13.0 Å². The Kier molecular flexibility index (Phi) is 18.4. The molecule has 0 bridgehead atoms. The number of Topliss-reactive ketones (excluding diaryl/α,β-unsaturated/α-hetero) is 1. The SMILES string of the molecule is CC(=O)c1ccc(CCC[C-](F)F)cc1.CC(C)c1cccc(C(C)C)c1-n1ccn(-c2c(C(C)C)cccc2C(C)C)[c]1=[Au][Br].F[C-](F)F. The van der Waals surface area contributed by atoms with Crippen molar-refractivity contribution in [2.45, 2.75) is 105 Å². The molecule has 0 aliphatic rings. The maximum atomic E-state index is 11.8. The summed E-state index contributed by atoms with van der Waals surface area (Å²) >= 11 is 3.73. The van der Waals surface area contributed by atoms with Crippen LogP contribution in [0.3, 0.4) is 0 Å². The maximum absolute atomic E-state index is 11.8. The fraction of sp³-hybridized carbons (Fsp3) is 0.400. The molecule has 0 saturated carbocycles. The van der Waals surface area contributed by atoms with Crippen molar-refractivity contribution in [1.82, 2.24) is 9.13 Å². The minimum atomic E-state index is -3.08. The van der Waals surface area contributed by atoms with Gasteiger partial charge < -0.3 is 22.0 Å². The Morgan fingerprint density at radius 1 is 0.680 bits per heavy atom. The molecule has 0 aliphatic carbocycles. The van der Waals surface area contributed by atoms with Crippen LogP contribution in [0.15, 0.2) is 73.1 Å². The number of benzene rings is 3. The van der Waals surface area contributed by atoms with Crippen LogP contribution in [0, 0.1) is 16.7 Å². The van der Waals surface area contributed by atoms with Crippen LogP contribution in [0.4, 0.5) is 22.0 Å². The Morgan fingerprint density at radius 3 is 1.32 bits per heavy atom. The zero-order chi connectivity index (χ0) is 37.7.